The van der Waals surface area contributed by atoms with Gasteiger partial charge in [0.2, 0.25) is 0 Å². The monoisotopic (exact) mass is 510 g/mol. The van der Waals surface area contributed by atoms with Gasteiger partial charge in [0.15, 0.2) is 0 Å². The Labute approximate surface area is 221 Å². The Kier molecular flexibility index (Phi) is 10.8. The molecule has 0 saturated carbocycles. The first kappa shape index (κ1) is 33.0. The zero-order valence-corrected chi connectivity index (χ0v) is 25.8. The first-order chi connectivity index (χ1) is 16.2. The lowest BCUT2D eigenvalue weighted by Gasteiger charge is -2.40. The minimum Gasteiger partial charge on any atom is -0.230 e. The molecule has 210 valence electrons. The highest BCUT2D eigenvalue weighted by molar-refractivity contribution is 5.44. The lowest BCUT2D eigenvalue weighted by atomic mass is 9.78. The van der Waals surface area contributed by atoms with E-state index in [1.807, 2.05) is 101 Å². The molecule has 1 aromatic rings. The predicted molar refractivity (Wildman–Crippen MR) is 145 cm³/mol. The lowest BCUT2D eigenvalue weighted by molar-refractivity contribution is -0.414. The molecule has 0 radical (unpaired) electrons. The highest BCUT2D eigenvalue weighted by Gasteiger charge is 2.42. The van der Waals surface area contributed by atoms with Gasteiger partial charge in [0.05, 0.1) is 16.8 Å². The van der Waals surface area contributed by atoms with Crippen LogP contribution >= 0.6 is 0 Å². The molecule has 6 nitrogen and oxygen atoms in total. The third kappa shape index (κ3) is 9.07. The van der Waals surface area contributed by atoms with Crippen molar-refractivity contribution in [3.63, 3.8) is 0 Å². The van der Waals surface area contributed by atoms with E-state index in [-0.39, 0.29) is 0 Å². The number of hydrogen-bond donors (Lipinski definition) is 0. The molecule has 36 heavy (non-hydrogen) atoms. The number of benzene rings is 1. The third-order valence-corrected chi connectivity index (χ3v) is 6.94. The normalized spacial score (nSPS) is 14.4. The van der Waals surface area contributed by atoms with E-state index < -0.39 is 33.6 Å². The molecule has 0 bridgehead atoms. The van der Waals surface area contributed by atoms with Gasteiger partial charge in [-0.15, -0.1) is 0 Å². The van der Waals surface area contributed by atoms with Crippen LogP contribution in [0.1, 0.15) is 140 Å². The van der Waals surface area contributed by atoms with E-state index >= 15 is 0 Å². The van der Waals surface area contributed by atoms with Crippen LogP contribution in [-0.4, -0.2) is 16.8 Å². The number of rotatable bonds is 15. The molecule has 0 saturated heterocycles. The lowest BCUT2D eigenvalue weighted by Crippen LogP contribution is -2.39. The summed E-state index contributed by atoms with van der Waals surface area (Å²) in [7, 11) is 0. The van der Waals surface area contributed by atoms with Crippen LogP contribution in [0.4, 0.5) is 0 Å². The Morgan fingerprint density at radius 2 is 0.722 bits per heavy atom. The summed E-state index contributed by atoms with van der Waals surface area (Å²) in [5.74, 6) is 0. The highest BCUT2D eigenvalue weighted by atomic mass is 17.2. The second-order valence-corrected chi connectivity index (χ2v) is 13.1. The standard InChI is InChI=1S/C30H54O6/c1-16-25(4,5)31-34-28(10,11)22-20-19-21-23(29(12,13)35-32-26(6,7)17-2)24(22)30(14,15)36-33-27(8,9)18-3/h19-21H,16-18H2,1-15H3. The van der Waals surface area contributed by atoms with Crippen molar-refractivity contribution in [1.82, 2.24) is 0 Å². The van der Waals surface area contributed by atoms with Crippen molar-refractivity contribution in [1.29, 1.82) is 0 Å². The second-order valence-electron chi connectivity index (χ2n) is 13.1. The van der Waals surface area contributed by atoms with Crippen LogP contribution in [0.3, 0.4) is 0 Å². The van der Waals surface area contributed by atoms with E-state index in [1.54, 1.807) is 0 Å². The summed E-state index contributed by atoms with van der Waals surface area (Å²) < 4.78 is 0. The summed E-state index contributed by atoms with van der Waals surface area (Å²) in [4.78, 5) is 36.1. The molecule has 0 fully saturated rings. The van der Waals surface area contributed by atoms with Gasteiger partial charge in [-0.05, 0) is 119 Å². The molecule has 6 heteroatoms. The third-order valence-electron chi connectivity index (χ3n) is 6.94. The van der Waals surface area contributed by atoms with Crippen molar-refractivity contribution in [2.75, 3.05) is 0 Å². The second kappa shape index (κ2) is 11.8. The molecule has 0 amide bonds. The average Bonchev–Trinajstić information content (AvgIpc) is 2.80. The van der Waals surface area contributed by atoms with Gasteiger partial charge >= 0.3 is 0 Å². The fourth-order valence-corrected chi connectivity index (χ4v) is 3.16. The van der Waals surface area contributed by atoms with Crippen molar-refractivity contribution >= 4 is 0 Å². The topological polar surface area (TPSA) is 55.4 Å². The fraction of sp³-hybridized carbons (Fsp3) is 0.800. The summed E-state index contributed by atoms with van der Waals surface area (Å²) >= 11 is 0. The van der Waals surface area contributed by atoms with Gasteiger partial charge in [0, 0.05) is 0 Å². The van der Waals surface area contributed by atoms with Gasteiger partial charge in [-0.25, -0.2) is 29.3 Å². The highest BCUT2D eigenvalue weighted by Crippen LogP contribution is 2.44. The van der Waals surface area contributed by atoms with Crippen LogP contribution in [0.25, 0.3) is 0 Å². The maximum atomic E-state index is 6.18. The molecule has 0 atom stereocenters. The zero-order chi connectivity index (χ0) is 28.2. The first-order valence-corrected chi connectivity index (χ1v) is 13.4. The molecule has 1 rings (SSSR count). The van der Waals surface area contributed by atoms with Crippen molar-refractivity contribution < 1.29 is 29.3 Å². The fourth-order valence-electron chi connectivity index (χ4n) is 3.16. The van der Waals surface area contributed by atoms with E-state index in [0.29, 0.717) is 0 Å². The molecule has 0 aromatic heterocycles. The average molecular weight is 511 g/mol. The van der Waals surface area contributed by atoms with E-state index in [9.17, 15) is 0 Å². The van der Waals surface area contributed by atoms with Crippen molar-refractivity contribution in [3.05, 3.63) is 34.9 Å². The Morgan fingerprint density at radius 3 is 1.00 bits per heavy atom. The molecule has 0 spiro atoms. The summed E-state index contributed by atoms with van der Waals surface area (Å²) in [5, 5.41) is 0. The van der Waals surface area contributed by atoms with Gasteiger partial charge in [0.25, 0.3) is 0 Å². The summed E-state index contributed by atoms with van der Waals surface area (Å²) in [6, 6.07) is 6.10. The molecule has 1 aromatic carbocycles. The molecule has 0 heterocycles. The first-order valence-electron chi connectivity index (χ1n) is 13.4. The van der Waals surface area contributed by atoms with Crippen LogP contribution in [0, 0.1) is 0 Å². The van der Waals surface area contributed by atoms with Crippen molar-refractivity contribution in [2.24, 2.45) is 0 Å². The van der Waals surface area contributed by atoms with Crippen molar-refractivity contribution in [2.45, 2.75) is 157 Å². The van der Waals surface area contributed by atoms with Gasteiger partial charge < -0.3 is 0 Å². The van der Waals surface area contributed by atoms with Gasteiger partial charge in [-0.3, -0.25) is 0 Å². The maximum Gasteiger partial charge on any atom is 0.124 e. The maximum absolute atomic E-state index is 6.18. The smallest absolute Gasteiger partial charge is 0.124 e. The predicted octanol–water partition coefficient (Wildman–Crippen LogP) is 8.80. The van der Waals surface area contributed by atoms with E-state index in [4.69, 9.17) is 29.3 Å². The minimum absolute atomic E-state index is 0.419. The van der Waals surface area contributed by atoms with Crippen LogP contribution in [0.2, 0.25) is 0 Å². The Morgan fingerprint density at radius 1 is 0.444 bits per heavy atom. The van der Waals surface area contributed by atoms with E-state index in [1.165, 1.54) is 0 Å². The number of hydrogen-bond acceptors (Lipinski definition) is 6. The molecule has 0 aliphatic carbocycles. The Bertz CT molecular complexity index is 786. The van der Waals surface area contributed by atoms with Crippen LogP contribution < -0.4 is 0 Å². The molecule has 0 unspecified atom stereocenters. The van der Waals surface area contributed by atoms with E-state index in [2.05, 4.69) is 20.8 Å². The molecule has 0 aliphatic rings. The van der Waals surface area contributed by atoms with Crippen molar-refractivity contribution in [3.8, 4) is 0 Å². The molecular weight excluding hydrogens is 456 g/mol. The largest absolute Gasteiger partial charge is 0.230 e. The SMILES string of the molecule is CCC(C)(C)OOC(C)(C)c1cccc(C(C)(C)OOC(C)(C)CC)c1C(C)(C)OOC(C)(C)CC. The molecular formula is C30H54O6. The zero-order valence-electron chi connectivity index (χ0n) is 25.8. The van der Waals surface area contributed by atoms with Gasteiger partial charge in [-0.2, -0.15) is 0 Å². The Hall–Kier alpha value is -1.02. The molecule has 0 N–H and O–H groups in total. The summed E-state index contributed by atoms with van der Waals surface area (Å²) in [5.41, 5.74) is -0.969. The van der Waals surface area contributed by atoms with Crippen LogP contribution in [-0.2, 0) is 46.1 Å². The minimum atomic E-state index is -0.847. The summed E-state index contributed by atoms with van der Waals surface area (Å²) in [6.45, 7) is 30.3. The van der Waals surface area contributed by atoms with Gasteiger partial charge in [-0.1, -0.05) is 39.0 Å². The quantitative estimate of drug-likeness (QED) is 0.174. The summed E-state index contributed by atoms with van der Waals surface area (Å²) in [6.07, 6.45) is 2.44. The molecule has 0 aliphatic heterocycles. The van der Waals surface area contributed by atoms with Crippen LogP contribution in [0.15, 0.2) is 18.2 Å². The Balaban J connectivity index is 3.65. The van der Waals surface area contributed by atoms with Crippen LogP contribution in [0.5, 0.6) is 0 Å². The van der Waals surface area contributed by atoms with Gasteiger partial charge in [0.1, 0.15) is 16.8 Å². The van der Waals surface area contributed by atoms with E-state index in [0.717, 1.165) is 36.0 Å².